The predicted molar refractivity (Wildman–Crippen MR) is 59.5 cm³/mol. The van der Waals surface area contributed by atoms with E-state index in [1.807, 2.05) is 19.1 Å². The van der Waals surface area contributed by atoms with Crippen LogP contribution in [0.1, 0.15) is 5.56 Å². The number of β-amino-alcohol motifs (C(OH)–C–C–N with tert-alkyl or cyclic N) is 1. The Morgan fingerprint density at radius 3 is 2.87 bits per heavy atom. The Bertz CT molecular complexity index is 356. The van der Waals surface area contributed by atoms with E-state index in [9.17, 15) is 5.11 Å². The maximum atomic E-state index is 9.58. The smallest absolute Gasteiger partial charge is 0.138 e. The normalized spacial score (nSPS) is 25.5. The largest absolute Gasteiger partial charge is 0.486 e. The third-order valence-corrected chi connectivity index (χ3v) is 2.78. The van der Waals surface area contributed by atoms with E-state index in [4.69, 9.17) is 16.3 Å². The van der Waals surface area contributed by atoms with Crippen molar-refractivity contribution in [3.8, 4) is 5.75 Å². The molecule has 82 valence electrons. The van der Waals surface area contributed by atoms with E-state index >= 15 is 0 Å². The summed E-state index contributed by atoms with van der Waals surface area (Å²) in [7, 11) is 0. The Morgan fingerprint density at radius 1 is 1.47 bits per heavy atom. The number of aliphatic hydroxyl groups excluding tert-OH is 1. The molecule has 1 heterocycles. The zero-order valence-electron chi connectivity index (χ0n) is 8.53. The summed E-state index contributed by atoms with van der Waals surface area (Å²) in [5, 5.41) is 13.4. The third-order valence-electron chi connectivity index (χ3n) is 2.54. The van der Waals surface area contributed by atoms with Crippen molar-refractivity contribution in [3.63, 3.8) is 0 Å². The first-order chi connectivity index (χ1) is 7.16. The Hall–Kier alpha value is -0.770. The van der Waals surface area contributed by atoms with Crippen molar-refractivity contribution in [2.24, 2.45) is 0 Å². The molecule has 0 spiro atoms. The average Bonchev–Trinajstić information content (AvgIpc) is 2.57. The van der Waals surface area contributed by atoms with Crippen LogP contribution in [0.2, 0.25) is 5.02 Å². The van der Waals surface area contributed by atoms with Crippen molar-refractivity contribution < 1.29 is 9.84 Å². The van der Waals surface area contributed by atoms with Crippen molar-refractivity contribution >= 4 is 11.6 Å². The number of hydrogen-bond acceptors (Lipinski definition) is 3. The molecule has 15 heavy (non-hydrogen) atoms. The monoisotopic (exact) mass is 227 g/mol. The molecule has 2 N–H and O–H groups in total. The highest BCUT2D eigenvalue weighted by Gasteiger charge is 2.26. The Kier molecular flexibility index (Phi) is 3.14. The lowest BCUT2D eigenvalue weighted by Gasteiger charge is -2.17. The summed E-state index contributed by atoms with van der Waals surface area (Å²) in [4.78, 5) is 0. The van der Waals surface area contributed by atoms with E-state index in [2.05, 4.69) is 5.32 Å². The molecule has 2 unspecified atom stereocenters. The lowest BCUT2D eigenvalue weighted by atomic mass is 10.2. The number of hydrogen-bond donors (Lipinski definition) is 2. The standard InChI is InChI=1S/C11H14ClNO2/c1-7-4-8(12)2-3-10(7)15-11-6-13-5-9(11)14/h2-4,9,11,13-14H,5-6H2,1H3. The Balaban J connectivity index is 2.10. The fourth-order valence-corrected chi connectivity index (χ4v) is 1.90. The van der Waals surface area contributed by atoms with Gasteiger partial charge >= 0.3 is 0 Å². The lowest BCUT2D eigenvalue weighted by Crippen LogP contribution is -2.30. The fraction of sp³-hybridized carbons (Fsp3) is 0.455. The van der Waals surface area contributed by atoms with E-state index in [-0.39, 0.29) is 6.10 Å². The molecular formula is C11H14ClNO2. The quantitative estimate of drug-likeness (QED) is 0.802. The molecule has 2 rings (SSSR count). The SMILES string of the molecule is Cc1cc(Cl)ccc1OC1CNCC1O. The first-order valence-electron chi connectivity index (χ1n) is 4.98. The lowest BCUT2D eigenvalue weighted by molar-refractivity contribution is 0.0733. The van der Waals surface area contributed by atoms with Crippen LogP contribution >= 0.6 is 11.6 Å². The fourth-order valence-electron chi connectivity index (χ4n) is 1.67. The van der Waals surface area contributed by atoms with Gasteiger partial charge in [0.25, 0.3) is 0 Å². The van der Waals surface area contributed by atoms with E-state index in [1.165, 1.54) is 0 Å². The predicted octanol–water partition coefficient (Wildman–Crippen LogP) is 1.36. The maximum absolute atomic E-state index is 9.58. The molecule has 0 amide bonds. The van der Waals surface area contributed by atoms with Gasteiger partial charge in [-0.3, -0.25) is 0 Å². The summed E-state index contributed by atoms with van der Waals surface area (Å²) in [5.41, 5.74) is 0.988. The van der Waals surface area contributed by atoms with Crippen LogP contribution in [0.3, 0.4) is 0 Å². The summed E-state index contributed by atoms with van der Waals surface area (Å²) in [6.45, 7) is 3.22. The minimum absolute atomic E-state index is 0.162. The number of rotatable bonds is 2. The van der Waals surface area contributed by atoms with Gasteiger partial charge in [-0.1, -0.05) is 11.6 Å². The van der Waals surface area contributed by atoms with Gasteiger partial charge in [0.15, 0.2) is 0 Å². The van der Waals surface area contributed by atoms with Crippen LogP contribution < -0.4 is 10.1 Å². The van der Waals surface area contributed by atoms with Crippen LogP contribution in [-0.2, 0) is 0 Å². The van der Waals surface area contributed by atoms with Crippen molar-refractivity contribution in [1.82, 2.24) is 5.32 Å². The number of aliphatic hydroxyl groups is 1. The number of nitrogens with one attached hydrogen (secondary N) is 1. The van der Waals surface area contributed by atoms with Crippen LogP contribution in [0.25, 0.3) is 0 Å². The second-order valence-corrected chi connectivity index (χ2v) is 4.23. The molecule has 1 aliphatic heterocycles. The first kappa shape index (κ1) is 10.7. The van der Waals surface area contributed by atoms with Crippen molar-refractivity contribution in [2.75, 3.05) is 13.1 Å². The minimum Gasteiger partial charge on any atom is -0.486 e. The first-order valence-corrected chi connectivity index (χ1v) is 5.36. The van der Waals surface area contributed by atoms with E-state index < -0.39 is 6.10 Å². The second-order valence-electron chi connectivity index (χ2n) is 3.79. The van der Waals surface area contributed by atoms with Gasteiger partial charge in [-0.05, 0) is 30.7 Å². The molecule has 1 aromatic rings. The van der Waals surface area contributed by atoms with Crippen molar-refractivity contribution in [1.29, 1.82) is 0 Å². The van der Waals surface area contributed by atoms with E-state index in [0.717, 1.165) is 11.3 Å². The van der Waals surface area contributed by atoms with Gasteiger partial charge in [-0.2, -0.15) is 0 Å². The number of halogens is 1. The number of aryl methyl sites for hydroxylation is 1. The number of ether oxygens (including phenoxy) is 1. The highest BCUT2D eigenvalue weighted by atomic mass is 35.5. The summed E-state index contributed by atoms with van der Waals surface area (Å²) < 4.78 is 5.70. The Morgan fingerprint density at radius 2 is 2.27 bits per heavy atom. The summed E-state index contributed by atoms with van der Waals surface area (Å²) in [5.74, 6) is 0.784. The zero-order chi connectivity index (χ0) is 10.8. The summed E-state index contributed by atoms with van der Waals surface area (Å²) in [6, 6.07) is 5.48. The van der Waals surface area contributed by atoms with Gasteiger partial charge in [-0.15, -0.1) is 0 Å². The molecule has 0 bridgehead atoms. The topological polar surface area (TPSA) is 41.5 Å². The van der Waals surface area contributed by atoms with Gasteiger partial charge in [-0.25, -0.2) is 0 Å². The average molecular weight is 228 g/mol. The van der Waals surface area contributed by atoms with Gasteiger partial charge in [0.05, 0.1) is 0 Å². The maximum Gasteiger partial charge on any atom is 0.138 e. The number of benzene rings is 1. The molecule has 1 saturated heterocycles. The van der Waals surface area contributed by atoms with Crippen LogP contribution in [0, 0.1) is 6.92 Å². The molecule has 1 fully saturated rings. The van der Waals surface area contributed by atoms with Crippen LogP contribution in [0.5, 0.6) is 5.75 Å². The minimum atomic E-state index is -0.430. The molecule has 1 aromatic carbocycles. The van der Waals surface area contributed by atoms with Gasteiger partial charge in [0.2, 0.25) is 0 Å². The molecule has 4 heteroatoms. The second kappa shape index (κ2) is 4.39. The molecule has 3 nitrogen and oxygen atoms in total. The molecule has 1 aliphatic rings. The van der Waals surface area contributed by atoms with Crippen LogP contribution in [-0.4, -0.2) is 30.4 Å². The van der Waals surface area contributed by atoms with Gasteiger partial charge in [0.1, 0.15) is 18.0 Å². The molecule has 0 radical (unpaired) electrons. The Labute approximate surface area is 94.0 Å². The molecular weight excluding hydrogens is 214 g/mol. The molecule has 0 aromatic heterocycles. The van der Waals surface area contributed by atoms with E-state index in [0.29, 0.717) is 18.1 Å². The van der Waals surface area contributed by atoms with E-state index in [1.54, 1.807) is 6.07 Å². The molecule has 2 atom stereocenters. The van der Waals surface area contributed by atoms with Gasteiger partial charge < -0.3 is 15.2 Å². The third kappa shape index (κ3) is 2.43. The summed E-state index contributed by atoms with van der Waals surface area (Å²) in [6.07, 6.45) is -0.593. The van der Waals surface area contributed by atoms with Crippen LogP contribution in [0.4, 0.5) is 0 Å². The highest BCUT2D eigenvalue weighted by Crippen LogP contribution is 2.23. The zero-order valence-corrected chi connectivity index (χ0v) is 9.29. The summed E-state index contributed by atoms with van der Waals surface area (Å²) >= 11 is 5.84. The van der Waals surface area contributed by atoms with Crippen molar-refractivity contribution in [2.45, 2.75) is 19.1 Å². The molecule has 0 aliphatic carbocycles. The van der Waals surface area contributed by atoms with Crippen LogP contribution in [0.15, 0.2) is 18.2 Å². The van der Waals surface area contributed by atoms with Gasteiger partial charge in [0, 0.05) is 18.1 Å². The van der Waals surface area contributed by atoms with Crippen molar-refractivity contribution in [3.05, 3.63) is 28.8 Å². The highest BCUT2D eigenvalue weighted by molar-refractivity contribution is 6.30. The molecule has 0 saturated carbocycles.